The van der Waals surface area contributed by atoms with E-state index in [1.807, 2.05) is 0 Å². The van der Waals surface area contributed by atoms with E-state index in [0.29, 0.717) is 17.7 Å². The summed E-state index contributed by atoms with van der Waals surface area (Å²) in [5.74, 6) is -1.53. The van der Waals surface area contributed by atoms with Gasteiger partial charge < -0.3 is 19.9 Å². The summed E-state index contributed by atoms with van der Waals surface area (Å²) < 4.78 is 11.0. The molecule has 0 bridgehead atoms. The van der Waals surface area contributed by atoms with Crippen LogP contribution in [0.25, 0.3) is 0 Å². The molecule has 2 N–H and O–H groups in total. The summed E-state index contributed by atoms with van der Waals surface area (Å²) in [6.07, 6.45) is -0.709. The van der Waals surface area contributed by atoms with Gasteiger partial charge in [-0.25, -0.2) is 4.79 Å². The lowest BCUT2D eigenvalue weighted by Crippen LogP contribution is -2.39. The summed E-state index contributed by atoms with van der Waals surface area (Å²) in [6, 6.07) is 4.60. The van der Waals surface area contributed by atoms with Crippen LogP contribution in [0.3, 0.4) is 0 Å². The number of carbonyl (C=O) groups excluding carboxylic acids is 1. The van der Waals surface area contributed by atoms with Crippen LogP contribution in [0.15, 0.2) is 22.7 Å². The van der Waals surface area contributed by atoms with E-state index in [9.17, 15) is 9.59 Å². The van der Waals surface area contributed by atoms with Crippen LogP contribution in [0.2, 0.25) is 0 Å². The fourth-order valence-electron chi connectivity index (χ4n) is 1.65. The van der Waals surface area contributed by atoms with Crippen LogP contribution in [-0.2, 0) is 14.3 Å². The average molecular weight is 330 g/mol. The first kappa shape index (κ1) is 14.0. The van der Waals surface area contributed by atoms with Gasteiger partial charge in [0.1, 0.15) is 0 Å². The van der Waals surface area contributed by atoms with Crippen molar-refractivity contribution >= 4 is 33.5 Å². The maximum Gasteiger partial charge on any atom is 0.337 e. The van der Waals surface area contributed by atoms with Crippen molar-refractivity contribution in [2.24, 2.45) is 0 Å². The van der Waals surface area contributed by atoms with Gasteiger partial charge in [-0.1, -0.05) is 15.9 Å². The molecule has 7 heteroatoms. The number of amides is 1. The molecule has 1 aliphatic rings. The Morgan fingerprint density at radius 1 is 1.37 bits per heavy atom. The van der Waals surface area contributed by atoms with Gasteiger partial charge in [0.25, 0.3) is 5.91 Å². The average Bonchev–Trinajstić information content (AvgIpc) is 2.41. The first-order valence-corrected chi connectivity index (χ1v) is 6.40. The third-order valence-corrected chi connectivity index (χ3v) is 3.07. The molecule has 1 atom stereocenters. The van der Waals surface area contributed by atoms with Gasteiger partial charge in [-0.05, 0) is 18.2 Å². The summed E-state index contributed by atoms with van der Waals surface area (Å²) in [5, 5.41) is 11.6. The SMILES string of the molecule is O=C(O)c1cc(Br)ccc1NC(=O)C1COCCO1. The van der Waals surface area contributed by atoms with Gasteiger partial charge in [0.05, 0.1) is 31.1 Å². The van der Waals surface area contributed by atoms with E-state index in [1.165, 1.54) is 12.1 Å². The highest BCUT2D eigenvalue weighted by molar-refractivity contribution is 9.10. The van der Waals surface area contributed by atoms with E-state index in [4.69, 9.17) is 14.6 Å². The molecule has 0 radical (unpaired) electrons. The topological polar surface area (TPSA) is 84.9 Å². The zero-order valence-corrected chi connectivity index (χ0v) is 11.5. The Morgan fingerprint density at radius 3 is 2.79 bits per heavy atom. The fraction of sp³-hybridized carbons (Fsp3) is 0.333. The molecule has 1 aromatic rings. The number of hydrogen-bond acceptors (Lipinski definition) is 4. The van der Waals surface area contributed by atoms with Crippen LogP contribution in [0, 0.1) is 0 Å². The number of ether oxygens (including phenoxy) is 2. The van der Waals surface area contributed by atoms with E-state index in [2.05, 4.69) is 21.2 Å². The molecule has 6 nitrogen and oxygen atoms in total. The van der Waals surface area contributed by atoms with Gasteiger partial charge in [-0.15, -0.1) is 0 Å². The Kier molecular flexibility index (Phi) is 4.52. The number of anilines is 1. The number of aromatic carboxylic acids is 1. The van der Waals surface area contributed by atoms with Gasteiger partial charge in [0.2, 0.25) is 0 Å². The van der Waals surface area contributed by atoms with Crippen molar-refractivity contribution in [3.8, 4) is 0 Å². The Balaban J connectivity index is 2.13. The number of carboxylic acid groups (broad SMARTS) is 1. The van der Waals surface area contributed by atoms with Gasteiger partial charge in [-0.2, -0.15) is 0 Å². The van der Waals surface area contributed by atoms with E-state index < -0.39 is 18.0 Å². The Bertz CT molecular complexity index is 499. The van der Waals surface area contributed by atoms with Crippen molar-refractivity contribution in [3.05, 3.63) is 28.2 Å². The molecule has 1 aliphatic heterocycles. The second-order valence-corrected chi connectivity index (χ2v) is 4.83. The highest BCUT2D eigenvalue weighted by atomic mass is 79.9. The molecule has 1 unspecified atom stereocenters. The molecule has 1 heterocycles. The molecular formula is C12H12BrNO5. The second-order valence-electron chi connectivity index (χ2n) is 3.92. The predicted molar refractivity (Wildman–Crippen MR) is 70.3 cm³/mol. The Morgan fingerprint density at radius 2 is 2.16 bits per heavy atom. The summed E-state index contributed by atoms with van der Waals surface area (Å²) in [6.45, 7) is 0.984. The highest BCUT2D eigenvalue weighted by Crippen LogP contribution is 2.21. The lowest BCUT2D eigenvalue weighted by molar-refractivity contribution is -0.142. The molecule has 102 valence electrons. The van der Waals surface area contributed by atoms with Crippen LogP contribution in [0.5, 0.6) is 0 Å². The minimum Gasteiger partial charge on any atom is -0.478 e. The smallest absolute Gasteiger partial charge is 0.337 e. The summed E-state index contributed by atoms with van der Waals surface area (Å²) in [5.41, 5.74) is 0.245. The zero-order chi connectivity index (χ0) is 13.8. The number of carboxylic acids is 1. The molecule has 0 saturated carbocycles. The summed E-state index contributed by atoms with van der Waals surface area (Å²) in [7, 11) is 0. The molecule has 1 amide bonds. The molecule has 2 rings (SSSR count). The third-order valence-electron chi connectivity index (χ3n) is 2.58. The summed E-state index contributed by atoms with van der Waals surface area (Å²) >= 11 is 3.19. The maximum absolute atomic E-state index is 11.9. The van der Waals surface area contributed by atoms with Crippen LogP contribution in [-0.4, -0.2) is 42.9 Å². The summed E-state index contributed by atoms with van der Waals surface area (Å²) in [4.78, 5) is 23.0. The lowest BCUT2D eigenvalue weighted by Gasteiger charge is -2.22. The van der Waals surface area contributed by atoms with Gasteiger partial charge in [-0.3, -0.25) is 4.79 Å². The number of carbonyl (C=O) groups is 2. The minimum absolute atomic E-state index is 0.0134. The van der Waals surface area contributed by atoms with E-state index in [1.54, 1.807) is 6.07 Å². The van der Waals surface area contributed by atoms with Gasteiger partial charge >= 0.3 is 5.97 Å². The Hall–Kier alpha value is -1.44. The quantitative estimate of drug-likeness (QED) is 0.877. The first-order chi connectivity index (χ1) is 9.08. The van der Waals surface area contributed by atoms with Gasteiger partial charge in [0, 0.05) is 4.47 Å². The standard InChI is InChI=1S/C12H12BrNO5/c13-7-1-2-9(8(5-7)12(16)17)14-11(15)10-6-18-3-4-19-10/h1-2,5,10H,3-4,6H2,(H,14,15)(H,16,17). The first-order valence-electron chi connectivity index (χ1n) is 5.61. The van der Waals surface area contributed by atoms with E-state index >= 15 is 0 Å². The van der Waals surface area contributed by atoms with E-state index in [-0.39, 0.29) is 17.9 Å². The normalized spacial score (nSPS) is 18.9. The molecule has 19 heavy (non-hydrogen) atoms. The molecule has 1 fully saturated rings. The second kappa shape index (κ2) is 6.14. The molecule has 1 aromatic carbocycles. The number of halogens is 1. The van der Waals surface area contributed by atoms with Crippen molar-refractivity contribution in [1.29, 1.82) is 0 Å². The molecule has 0 aliphatic carbocycles. The van der Waals surface area contributed by atoms with Crippen molar-refractivity contribution in [1.82, 2.24) is 0 Å². The van der Waals surface area contributed by atoms with Crippen molar-refractivity contribution in [3.63, 3.8) is 0 Å². The number of nitrogens with one attached hydrogen (secondary N) is 1. The fourth-order valence-corrected chi connectivity index (χ4v) is 2.02. The zero-order valence-electron chi connectivity index (χ0n) is 9.89. The van der Waals surface area contributed by atoms with Crippen LogP contribution >= 0.6 is 15.9 Å². The largest absolute Gasteiger partial charge is 0.478 e. The Labute approximate surface area is 117 Å². The monoisotopic (exact) mass is 329 g/mol. The van der Waals surface area contributed by atoms with Crippen LogP contribution in [0.4, 0.5) is 5.69 Å². The predicted octanol–water partition coefficient (Wildman–Crippen LogP) is 1.50. The third kappa shape index (κ3) is 3.52. The minimum atomic E-state index is -1.11. The highest BCUT2D eigenvalue weighted by Gasteiger charge is 2.24. The number of benzene rings is 1. The van der Waals surface area contributed by atoms with E-state index in [0.717, 1.165) is 0 Å². The molecule has 0 spiro atoms. The van der Waals surface area contributed by atoms with Crippen molar-refractivity contribution in [2.45, 2.75) is 6.10 Å². The van der Waals surface area contributed by atoms with Crippen molar-refractivity contribution in [2.75, 3.05) is 25.1 Å². The molecule has 0 aromatic heterocycles. The van der Waals surface area contributed by atoms with Crippen LogP contribution < -0.4 is 5.32 Å². The molecule has 1 saturated heterocycles. The lowest BCUT2D eigenvalue weighted by atomic mass is 10.1. The van der Waals surface area contributed by atoms with Crippen molar-refractivity contribution < 1.29 is 24.2 Å². The molecular weight excluding hydrogens is 318 g/mol. The maximum atomic E-state index is 11.9. The van der Waals surface area contributed by atoms with Gasteiger partial charge in [0.15, 0.2) is 6.10 Å². The number of rotatable bonds is 3. The van der Waals surface area contributed by atoms with Crippen LogP contribution in [0.1, 0.15) is 10.4 Å². The number of hydrogen-bond donors (Lipinski definition) is 2.